The molecule has 0 aliphatic carbocycles. The molecule has 0 unspecified atom stereocenters. The molecule has 0 bridgehead atoms. The van der Waals surface area contributed by atoms with Gasteiger partial charge in [-0.1, -0.05) is 18.2 Å². The summed E-state index contributed by atoms with van der Waals surface area (Å²) in [6, 6.07) is 14.8. The second-order valence-corrected chi connectivity index (χ2v) is 5.54. The van der Waals surface area contributed by atoms with E-state index in [2.05, 4.69) is 4.98 Å². The largest absolute Gasteiger partial charge is 0.497 e. The van der Waals surface area contributed by atoms with Crippen LogP contribution in [0.1, 0.15) is 15.9 Å². The summed E-state index contributed by atoms with van der Waals surface area (Å²) in [4.78, 5) is 17.1. The van der Waals surface area contributed by atoms with Crippen molar-refractivity contribution >= 4 is 22.8 Å². The van der Waals surface area contributed by atoms with Gasteiger partial charge in [0.1, 0.15) is 11.5 Å². The molecule has 0 saturated carbocycles. The number of nitrogens with zero attached hydrogens (tertiary/aromatic N) is 1. The predicted molar refractivity (Wildman–Crippen MR) is 101 cm³/mol. The summed E-state index contributed by atoms with van der Waals surface area (Å²) < 4.78 is 15.8. The lowest BCUT2D eigenvalue weighted by Gasteiger charge is -2.08. The lowest BCUT2D eigenvalue weighted by atomic mass is 10.1. The highest BCUT2D eigenvalue weighted by Crippen LogP contribution is 2.26. The van der Waals surface area contributed by atoms with Gasteiger partial charge in [-0.3, -0.25) is 4.79 Å². The normalized spacial score (nSPS) is 10.9. The molecule has 1 heterocycles. The average molecular weight is 349 g/mol. The van der Waals surface area contributed by atoms with E-state index in [1.165, 1.54) is 13.2 Å². The average Bonchev–Trinajstić information content (AvgIpc) is 2.70. The minimum absolute atomic E-state index is 0.198. The molecule has 1 aromatic heterocycles. The van der Waals surface area contributed by atoms with Crippen molar-refractivity contribution in [2.75, 3.05) is 21.3 Å². The highest BCUT2D eigenvalue weighted by atomic mass is 16.5. The Balaban J connectivity index is 1.97. The van der Waals surface area contributed by atoms with E-state index >= 15 is 0 Å². The molecule has 0 aliphatic rings. The van der Waals surface area contributed by atoms with Crippen LogP contribution >= 0.6 is 0 Å². The molecule has 0 amide bonds. The second kappa shape index (κ2) is 7.70. The molecule has 0 radical (unpaired) electrons. The fourth-order valence-electron chi connectivity index (χ4n) is 2.66. The van der Waals surface area contributed by atoms with E-state index in [1.807, 2.05) is 30.3 Å². The Hall–Kier alpha value is -3.34. The molecule has 0 atom stereocenters. The van der Waals surface area contributed by atoms with Gasteiger partial charge in [0, 0.05) is 10.9 Å². The monoisotopic (exact) mass is 349 g/mol. The zero-order valence-corrected chi connectivity index (χ0v) is 14.9. The van der Waals surface area contributed by atoms with Crippen LogP contribution in [0.25, 0.3) is 17.0 Å². The summed E-state index contributed by atoms with van der Waals surface area (Å²) in [5.74, 6) is 1.35. The molecule has 5 nitrogen and oxygen atoms in total. The summed E-state index contributed by atoms with van der Waals surface area (Å²) in [5, 5.41) is 0.972. The van der Waals surface area contributed by atoms with E-state index < -0.39 is 0 Å². The number of ketones is 1. The van der Waals surface area contributed by atoms with E-state index in [0.29, 0.717) is 22.9 Å². The van der Waals surface area contributed by atoms with Gasteiger partial charge < -0.3 is 14.2 Å². The Morgan fingerprint density at radius 1 is 0.962 bits per heavy atom. The summed E-state index contributed by atoms with van der Waals surface area (Å²) in [5.41, 5.74) is 1.99. The Kier molecular flexibility index (Phi) is 5.17. The number of para-hydroxylation sites is 1. The second-order valence-electron chi connectivity index (χ2n) is 5.54. The van der Waals surface area contributed by atoms with Crippen LogP contribution in [0.3, 0.4) is 0 Å². The van der Waals surface area contributed by atoms with Crippen molar-refractivity contribution in [2.24, 2.45) is 0 Å². The summed E-state index contributed by atoms with van der Waals surface area (Å²) in [6.07, 6.45) is 3.17. The highest BCUT2D eigenvalue weighted by Gasteiger charge is 2.12. The van der Waals surface area contributed by atoms with Gasteiger partial charge in [0.25, 0.3) is 0 Å². The number of allylic oxidation sites excluding steroid dienone is 1. The quantitative estimate of drug-likeness (QED) is 0.494. The zero-order valence-electron chi connectivity index (χ0n) is 14.9. The van der Waals surface area contributed by atoms with Gasteiger partial charge >= 0.3 is 0 Å². The maximum Gasteiger partial charge on any atom is 0.221 e. The van der Waals surface area contributed by atoms with Crippen molar-refractivity contribution in [2.45, 2.75) is 0 Å². The first kappa shape index (κ1) is 17.5. The molecule has 3 rings (SSSR count). The van der Waals surface area contributed by atoms with Crippen LogP contribution in [-0.4, -0.2) is 32.1 Å². The van der Waals surface area contributed by atoms with E-state index in [4.69, 9.17) is 14.2 Å². The Bertz CT molecular complexity index is 979. The maximum absolute atomic E-state index is 12.6. The minimum Gasteiger partial charge on any atom is -0.497 e. The van der Waals surface area contributed by atoms with Gasteiger partial charge in [0.15, 0.2) is 5.78 Å². The van der Waals surface area contributed by atoms with Gasteiger partial charge in [-0.05, 0) is 42.5 Å². The highest BCUT2D eigenvalue weighted by molar-refractivity contribution is 6.09. The van der Waals surface area contributed by atoms with Crippen LogP contribution in [0.15, 0.2) is 54.6 Å². The topological polar surface area (TPSA) is 57.7 Å². The van der Waals surface area contributed by atoms with Gasteiger partial charge in [0.05, 0.1) is 32.4 Å². The van der Waals surface area contributed by atoms with Crippen LogP contribution < -0.4 is 14.2 Å². The number of pyridine rings is 1. The Morgan fingerprint density at radius 2 is 1.77 bits per heavy atom. The summed E-state index contributed by atoms with van der Waals surface area (Å²) in [7, 11) is 4.64. The molecule has 0 aliphatic heterocycles. The van der Waals surface area contributed by atoms with Gasteiger partial charge in [-0.2, -0.15) is 0 Å². The van der Waals surface area contributed by atoms with Crippen molar-refractivity contribution in [3.8, 4) is 17.4 Å². The van der Waals surface area contributed by atoms with Crippen LogP contribution in [0.5, 0.6) is 17.4 Å². The number of fused-ring (bicyclic) bond motifs is 1. The Labute approximate surface area is 151 Å². The predicted octanol–water partition coefficient (Wildman–Crippen LogP) is 4.16. The third-order valence-electron chi connectivity index (χ3n) is 4.00. The number of benzene rings is 2. The van der Waals surface area contributed by atoms with Gasteiger partial charge in [0.2, 0.25) is 5.88 Å². The number of carbonyl (C=O) groups excluding carboxylic acids is 1. The van der Waals surface area contributed by atoms with Crippen molar-refractivity contribution in [3.63, 3.8) is 0 Å². The number of ether oxygens (including phenoxy) is 3. The molecular weight excluding hydrogens is 330 g/mol. The molecule has 132 valence electrons. The summed E-state index contributed by atoms with van der Waals surface area (Å²) >= 11 is 0. The van der Waals surface area contributed by atoms with Crippen molar-refractivity contribution in [3.05, 3.63) is 65.7 Å². The first-order valence-electron chi connectivity index (χ1n) is 8.04. The molecule has 5 heteroatoms. The van der Waals surface area contributed by atoms with Gasteiger partial charge in [-0.15, -0.1) is 0 Å². The molecule has 0 saturated heterocycles. The van der Waals surface area contributed by atoms with E-state index in [-0.39, 0.29) is 5.78 Å². The van der Waals surface area contributed by atoms with Crippen molar-refractivity contribution in [1.29, 1.82) is 0 Å². The minimum atomic E-state index is -0.198. The van der Waals surface area contributed by atoms with E-state index in [9.17, 15) is 4.79 Å². The number of carbonyl (C=O) groups is 1. The number of aromatic nitrogens is 1. The van der Waals surface area contributed by atoms with Gasteiger partial charge in [-0.25, -0.2) is 4.98 Å². The third-order valence-corrected chi connectivity index (χ3v) is 4.00. The first-order chi connectivity index (χ1) is 12.7. The van der Waals surface area contributed by atoms with Crippen LogP contribution in [0.4, 0.5) is 0 Å². The molecule has 26 heavy (non-hydrogen) atoms. The lowest BCUT2D eigenvalue weighted by molar-refractivity contribution is 0.104. The van der Waals surface area contributed by atoms with Crippen LogP contribution in [-0.2, 0) is 0 Å². The third kappa shape index (κ3) is 3.52. The maximum atomic E-state index is 12.6. The zero-order chi connectivity index (χ0) is 18.5. The molecule has 0 N–H and O–H groups in total. The number of rotatable bonds is 6. The van der Waals surface area contributed by atoms with Crippen LogP contribution in [0.2, 0.25) is 0 Å². The SMILES string of the molecule is COc1ccc(OC)c(C(=O)/C=C/c2cc3ccccc3nc2OC)c1. The first-order valence-corrected chi connectivity index (χ1v) is 8.04. The standard InChI is InChI=1S/C21H19NO4/c1-24-16-9-11-20(25-2)17(13-16)19(23)10-8-15-12-14-6-4-5-7-18(14)22-21(15)26-3/h4-13H,1-3H3/b10-8+. The number of hydrogen-bond acceptors (Lipinski definition) is 5. The van der Waals surface area contributed by atoms with Crippen molar-refractivity contribution in [1.82, 2.24) is 4.98 Å². The molecule has 0 fully saturated rings. The van der Waals surface area contributed by atoms with E-state index in [1.54, 1.807) is 38.5 Å². The Morgan fingerprint density at radius 3 is 2.50 bits per heavy atom. The fourth-order valence-corrected chi connectivity index (χ4v) is 2.66. The fraction of sp³-hybridized carbons (Fsp3) is 0.143. The summed E-state index contributed by atoms with van der Waals surface area (Å²) in [6.45, 7) is 0. The lowest BCUT2D eigenvalue weighted by Crippen LogP contribution is -2.00. The number of hydrogen-bond donors (Lipinski definition) is 0. The van der Waals surface area contributed by atoms with Crippen molar-refractivity contribution < 1.29 is 19.0 Å². The smallest absolute Gasteiger partial charge is 0.221 e. The molecule has 0 spiro atoms. The number of methoxy groups -OCH3 is 3. The molecule has 3 aromatic rings. The molecule has 2 aromatic carbocycles. The molecular formula is C21H19NO4. The van der Waals surface area contributed by atoms with Crippen LogP contribution in [0, 0.1) is 0 Å². The van der Waals surface area contributed by atoms with E-state index in [0.717, 1.165) is 16.5 Å².